The Kier molecular flexibility index (Phi) is 6.24. The third-order valence-electron chi connectivity index (χ3n) is 5.52. The molecule has 3 aromatic rings. The monoisotopic (exact) mass is 498 g/mol. The molecule has 4 rings (SSSR count). The van der Waals surface area contributed by atoms with Crippen LogP contribution in [-0.2, 0) is 12.8 Å². The first kappa shape index (κ1) is 21.4. The minimum Gasteiger partial charge on any atom is -0.447 e. The normalized spacial score (nSPS) is 16.6. The van der Waals surface area contributed by atoms with Crippen LogP contribution in [0, 0.1) is 22.7 Å². The number of nitriles is 1. The second-order valence-electron chi connectivity index (χ2n) is 8.56. The van der Waals surface area contributed by atoms with Crippen molar-refractivity contribution >= 4 is 50.2 Å². The summed E-state index contributed by atoms with van der Waals surface area (Å²) in [5.41, 5.74) is 2.23. The summed E-state index contributed by atoms with van der Waals surface area (Å²) in [4.78, 5) is 7.09. The first-order chi connectivity index (χ1) is 14.3. The second kappa shape index (κ2) is 8.74. The van der Waals surface area contributed by atoms with Crippen molar-refractivity contribution in [3.8, 4) is 6.07 Å². The Bertz CT molecular complexity index is 1120. The molecule has 0 saturated heterocycles. The Morgan fingerprint density at radius 2 is 2.07 bits per heavy atom. The van der Waals surface area contributed by atoms with Crippen LogP contribution in [0.4, 0.5) is 5.00 Å². The molecule has 0 N–H and O–H groups in total. The van der Waals surface area contributed by atoms with E-state index in [1.165, 1.54) is 10.4 Å². The number of benzene rings is 1. The number of halogens is 1. The van der Waals surface area contributed by atoms with Crippen LogP contribution in [-0.4, -0.2) is 6.21 Å². The molecular weight excluding hydrogens is 476 g/mol. The summed E-state index contributed by atoms with van der Waals surface area (Å²) in [7, 11) is 0. The van der Waals surface area contributed by atoms with Gasteiger partial charge >= 0.3 is 0 Å². The van der Waals surface area contributed by atoms with E-state index in [1.54, 1.807) is 29.3 Å². The van der Waals surface area contributed by atoms with Gasteiger partial charge in [0.2, 0.25) is 0 Å². The Morgan fingerprint density at radius 3 is 2.77 bits per heavy atom. The second-order valence-corrected chi connectivity index (χ2v) is 11.5. The largest absolute Gasteiger partial charge is 0.447 e. The minimum absolute atomic E-state index is 0.283. The van der Waals surface area contributed by atoms with Gasteiger partial charge in [0.05, 0.1) is 16.3 Å². The number of furan rings is 1. The van der Waals surface area contributed by atoms with Crippen LogP contribution in [0.2, 0.25) is 0 Å². The third-order valence-corrected chi connectivity index (χ3v) is 8.53. The number of thiophene rings is 1. The van der Waals surface area contributed by atoms with Crippen molar-refractivity contribution < 1.29 is 4.42 Å². The maximum Gasteiger partial charge on any atom is 0.179 e. The highest BCUT2D eigenvalue weighted by molar-refractivity contribution is 9.10. The van der Waals surface area contributed by atoms with Gasteiger partial charge in [-0.25, -0.2) is 4.99 Å². The lowest BCUT2D eigenvalue weighted by Crippen LogP contribution is -2.26. The highest BCUT2D eigenvalue weighted by Crippen LogP contribution is 2.45. The number of hydrogen-bond donors (Lipinski definition) is 0. The third kappa shape index (κ3) is 4.59. The van der Waals surface area contributed by atoms with Crippen molar-refractivity contribution in [2.45, 2.75) is 50.0 Å². The van der Waals surface area contributed by atoms with Crippen molar-refractivity contribution in [3.63, 3.8) is 0 Å². The summed E-state index contributed by atoms with van der Waals surface area (Å²) < 4.78 is 6.87. The predicted octanol–water partition coefficient (Wildman–Crippen LogP) is 8.03. The predicted molar refractivity (Wildman–Crippen MR) is 128 cm³/mol. The molecule has 1 aliphatic carbocycles. The zero-order valence-corrected chi connectivity index (χ0v) is 20.5. The summed E-state index contributed by atoms with van der Waals surface area (Å²) in [6.45, 7) is 6.92. The quantitative estimate of drug-likeness (QED) is 0.342. The van der Waals surface area contributed by atoms with Gasteiger partial charge in [-0.15, -0.1) is 11.3 Å². The smallest absolute Gasteiger partial charge is 0.179 e. The minimum atomic E-state index is 0.283. The van der Waals surface area contributed by atoms with Crippen molar-refractivity contribution in [1.29, 1.82) is 5.26 Å². The zero-order chi connectivity index (χ0) is 21.3. The molecule has 2 aromatic heterocycles. The summed E-state index contributed by atoms with van der Waals surface area (Å²) >= 11 is 6.80. The van der Waals surface area contributed by atoms with Gasteiger partial charge < -0.3 is 4.42 Å². The molecular formula is C24H23BrN2OS2. The maximum atomic E-state index is 9.75. The molecule has 3 nitrogen and oxygen atoms in total. The van der Waals surface area contributed by atoms with E-state index in [1.807, 2.05) is 36.4 Å². The van der Waals surface area contributed by atoms with E-state index in [-0.39, 0.29) is 5.41 Å². The van der Waals surface area contributed by atoms with E-state index in [0.717, 1.165) is 44.3 Å². The molecule has 0 aliphatic heterocycles. The van der Waals surface area contributed by atoms with E-state index in [4.69, 9.17) is 4.42 Å². The Hall–Kier alpha value is -1.81. The molecule has 0 fully saturated rings. The first-order valence-corrected chi connectivity index (χ1v) is 12.4. The first-order valence-electron chi connectivity index (χ1n) is 9.96. The maximum absolute atomic E-state index is 9.75. The average molecular weight is 499 g/mol. The van der Waals surface area contributed by atoms with Crippen LogP contribution in [0.1, 0.15) is 49.0 Å². The number of aliphatic imine (C=N–C) groups is 1. The number of hydrogen-bond acceptors (Lipinski definition) is 5. The fourth-order valence-electron chi connectivity index (χ4n) is 3.74. The molecule has 154 valence electrons. The van der Waals surface area contributed by atoms with Gasteiger partial charge in [0.25, 0.3) is 0 Å². The van der Waals surface area contributed by atoms with Gasteiger partial charge in [0, 0.05) is 15.8 Å². The Labute approximate surface area is 194 Å². The Morgan fingerprint density at radius 1 is 1.30 bits per heavy atom. The van der Waals surface area contributed by atoms with Crippen LogP contribution in [0.3, 0.4) is 0 Å². The summed E-state index contributed by atoms with van der Waals surface area (Å²) in [5.74, 6) is 1.31. The molecule has 0 bridgehead atoms. The molecule has 0 saturated carbocycles. The summed E-state index contributed by atoms with van der Waals surface area (Å²) in [5, 5.41) is 11.3. The molecule has 1 aliphatic rings. The van der Waals surface area contributed by atoms with Crippen LogP contribution >= 0.6 is 39.0 Å². The summed E-state index contributed by atoms with van der Waals surface area (Å²) in [6.07, 6.45) is 4.86. The van der Waals surface area contributed by atoms with E-state index in [0.29, 0.717) is 11.7 Å². The van der Waals surface area contributed by atoms with Crippen LogP contribution in [0.15, 0.2) is 60.3 Å². The lowest BCUT2D eigenvalue weighted by Gasteiger charge is -2.33. The van der Waals surface area contributed by atoms with Gasteiger partial charge in [-0.05, 0) is 64.2 Å². The van der Waals surface area contributed by atoms with Crippen LogP contribution < -0.4 is 0 Å². The van der Waals surface area contributed by atoms with E-state index in [2.05, 4.69) is 47.8 Å². The van der Waals surface area contributed by atoms with E-state index < -0.39 is 0 Å². The number of rotatable bonds is 4. The zero-order valence-electron chi connectivity index (χ0n) is 17.2. The molecule has 6 heteroatoms. The van der Waals surface area contributed by atoms with Gasteiger partial charge in [-0.3, -0.25) is 0 Å². The average Bonchev–Trinajstić information content (AvgIpc) is 3.25. The topological polar surface area (TPSA) is 49.3 Å². The number of fused-ring (bicyclic) bond motifs is 1. The molecule has 30 heavy (non-hydrogen) atoms. The molecule has 0 unspecified atom stereocenters. The number of nitrogens with zero attached hydrogens (tertiary/aromatic N) is 2. The lowest BCUT2D eigenvalue weighted by molar-refractivity contribution is 0.218. The van der Waals surface area contributed by atoms with Crippen LogP contribution in [0.5, 0.6) is 0 Å². The molecule has 1 aromatic carbocycles. The molecule has 0 amide bonds. The lowest BCUT2D eigenvalue weighted by atomic mass is 9.72. The van der Waals surface area contributed by atoms with Crippen molar-refractivity contribution in [2.24, 2.45) is 16.3 Å². The SMILES string of the molecule is CC(C)(C)[C@H]1CCc2c(sc(N=Cc3cc(Br)c(Sc4ccccc4)o3)c2C#N)C1. The fraction of sp³-hybridized carbons (Fsp3) is 0.333. The molecule has 2 heterocycles. The standard InChI is InChI=1S/C24H23BrN2OS2/c1-24(2,3)15-9-10-18-19(13-26)22(30-21(18)11-15)27-14-16-12-20(25)23(28-16)29-17-7-5-4-6-8-17/h4-8,12,14-15H,9-11H2,1-3H3/t15-/m0/s1. The van der Waals surface area contributed by atoms with Gasteiger partial charge in [-0.1, -0.05) is 50.7 Å². The van der Waals surface area contributed by atoms with E-state index >= 15 is 0 Å². The van der Waals surface area contributed by atoms with Crippen molar-refractivity contribution in [3.05, 3.63) is 62.6 Å². The highest BCUT2D eigenvalue weighted by atomic mass is 79.9. The highest BCUT2D eigenvalue weighted by Gasteiger charge is 2.32. The van der Waals surface area contributed by atoms with Crippen molar-refractivity contribution in [2.75, 3.05) is 0 Å². The van der Waals surface area contributed by atoms with E-state index in [9.17, 15) is 5.26 Å². The van der Waals surface area contributed by atoms with Crippen LogP contribution in [0.25, 0.3) is 0 Å². The molecule has 1 atom stereocenters. The fourth-order valence-corrected chi connectivity index (χ4v) is 6.31. The van der Waals surface area contributed by atoms with Gasteiger partial charge in [0.1, 0.15) is 16.8 Å². The van der Waals surface area contributed by atoms with Crippen molar-refractivity contribution in [1.82, 2.24) is 0 Å². The van der Waals surface area contributed by atoms with Gasteiger partial charge in [0.15, 0.2) is 5.09 Å². The summed E-state index contributed by atoms with van der Waals surface area (Å²) in [6, 6.07) is 14.4. The molecule has 0 radical (unpaired) electrons. The molecule has 0 spiro atoms. The van der Waals surface area contributed by atoms with Gasteiger partial charge in [-0.2, -0.15) is 5.26 Å². The Balaban J connectivity index is 1.56.